The Hall–Kier alpha value is -1.88. The van der Waals surface area contributed by atoms with Crippen LogP contribution >= 0.6 is 11.8 Å². The van der Waals surface area contributed by atoms with Gasteiger partial charge in [-0.3, -0.25) is 0 Å². The lowest BCUT2D eigenvalue weighted by molar-refractivity contribution is 0.0690. The first-order valence-electron chi connectivity index (χ1n) is 5.22. The highest BCUT2D eigenvalue weighted by Crippen LogP contribution is 2.25. The number of aromatic nitrogens is 1. The molecule has 0 saturated carbocycles. The molecule has 0 amide bonds. The van der Waals surface area contributed by atoms with Gasteiger partial charge in [0.05, 0.1) is 0 Å². The number of pyridine rings is 1. The summed E-state index contributed by atoms with van der Waals surface area (Å²) < 4.78 is 13.4. The van der Waals surface area contributed by atoms with Crippen molar-refractivity contribution in [3.8, 4) is 0 Å². The van der Waals surface area contributed by atoms with Gasteiger partial charge in [0, 0.05) is 16.8 Å². The number of nitrogens with zero attached hydrogens (tertiary/aromatic N) is 1. The van der Waals surface area contributed by atoms with E-state index in [1.165, 1.54) is 30.1 Å². The number of rotatable bonds is 4. The number of thioether (sulfide) groups is 1. The highest BCUT2D eigenvalue weighted by atomic mass is 32.2. The molecule has 0 bridgehead atoms. The van der Waals surface area contributed by atoms with Crippen LogP contribution in [-0.4, -0.2) is 16.1 Å². The number of hydrogen-bond acceptors (Lipinski definition) is 3. The van der Waals surface area contributed by atoms with E-state index in [0.29, 0.717) is 10.6 Å². The fraction of sp³-hybridized carbons (Fsp3) is 0.0769. The molecular weight excluding hydrogens is 253 g/mol. The van der Waals surface area contributed by atoms with Gasteiger partial charge in [0.2, 0.25) is 0 Å². The summed E-state index contributed by atoms with van der Waals surface area (Å²) in [6.07, 6.45) is 1.45. The van der Waals surface area contributed by atoms with Crippen molar-refractivity contribution in [3.05, 3.63) is 59.7 Å². The number of carboxylic acids is 1. The van der Waals surface area contributed by atoms with Crippen LogP contribution in [0.25, 0.3) is 0 Å². The molecule has 2 rings (SSSR count). The second kappa shape index (κ2) is 5.64. The third kappa shape index (κ3) is 3.07. The van der Waals surface area contributed by atoms with Crippen LogP contribution in [0.3, 0.4) is 0 Å². The molecule has 0 aliphatic carbocycles. The number of aromatic carboxylic acids is 1. The van der Waals surface area contributed by atoms with E-state index in [-0.39, 0.29) is 11.5 Å². The Labute approximate surface area is 108 Å². The monoisotopic (exact) mass is 263 g/mol. The number of carboxylic acid groups (broad SMARTS) is 1. The Morgan fingerprint density at radius 2 is 2.11 bits per heavy atom. The summed E-state index contributed by atoms with van der Waals surface area (Å²) in [5.41, 5.74) is 0.803. The van der Waals surface area contributed by atoms with Crippen molar-refractivity contribution in [2.45, 2.75) is 10.6 Å². The smallest absolute Gasteiger partial charge is 0.354 e. The van der Waals surface area contributed by atoms with E-state index in [4.69, 9.17) is 5.11 Å². The zero-order valence-electron chi connectivity index (χ0n) is 9.34. The molecule has 0 spiro atoms. The molecular formula is C13H10FNO2S. The fourth-order valence-corrected chi connectivity index (χ4v) is 2.29. The Morgan fingerprint density at radius 1 is 1.33 bits per heavy atom. The third-order valence-electron chi connectivity index (χ3n) is 2.27. The standard InChI is InChI=1S/C13H10FNO2S/c14-10-3-1-2-4-12(10)18-8-9-5-6-15-11(7-9)13(16)17/h1-7H,8H2,(H,16,17). The van der Waals surface area contributed by atoms with Gasteiger partial charge in [-0.25, -0.2) is 14.2 Å². The minimum absolute atomic E-state index is 0.00151. The Bertz CT molecular complexity index is 574. The van der Waals surface area contributed by atoms with Crippen molar-refractivity contribution in [2.75, 3.05) is 0 Å². The molecule has 1 aromatic carbocycles. The normalized spacial score (nSPS) is 10.3. The summed E-state index contributed by atoms with van der Waals surface area (Å²) in [4.78, 5) is 15.0. The van der Waals surface area contributed by atoms with Gasteiger partial charge in [-0.2, -0.15) is 0 Å². The molecule has 92 valence electrons. The molecule has 5 heteroatoms. The number of hydrogen-bond donors (Lipinski definition) is 1. The maximum Gasteiger partial charge on any atom is 0.354 e. The first-order valence-corrected chi connectivity index (χ1v) is 6.21. The second-order valence-electron chi connectivity index (χ2n) is 3.57. The van der Waals surface area contributed by atoms with Crippen molar-refractivity contribution in [3.63, 3.8) is 0 Å². The molecule has 0 aliphatic rings. The molecule has 1 heterocycles. The quantitative estimate of drug-likeness (QED) is 0.860. The van der Waals surface area contributed by atoms with Crippen LogP contribution in [0, 0.1) is 5.82 Å². The first kappa shape index (κ1) is 12.6. The lowest BCUT2D eigenvalue weighted by Crippen LogP contribution is -2.00. The van der Waals surface area contributed by atoms with Crippen LogP contribution in [0.1, 0.15) is 16.1 Å². The largest absolute Gasteiger partial charge is 0.477 e. The second-order valence-corrected chi connectivity index (χ2v) is 4.59. The number of carbonyl (C=O) groups is 1. The predicted octanol–water partition coefficient (Wildman–Crippen LogP) is 3.21. The zero-order valence-corrected chi connectivity index (χ0v) is 10.2. The van der Waals surface area contributed by atoms with Crippen molar-refractivity contribution in [2.24, 2.45) is 0 Å². The average Bonchev–Trinajstić information content (AvgIpc) is 2.38. The van der Waals surface area contributed by atoms with E-state index >= 15 is 0 Å². The molecule has 1 N–H and O–H groups in total. The molecule has 3 nitrogen and oxygen atoms in total. The number of benzene rings is 1. The molecule has 0 aliphatic heterocycles. The molecule has 18 heavy (non-hydrogen) atoms. The van der Waals surface area contributed by atoms with Crippen molar-refractivity contribution >= 4 is 17.7 Å². The lowest BCUT2D eigenvalue weighted by Gasteiger charge is -2.03. The lowest BCUT2D eigenvalue weighted by atomic mass is 10.2. The molecule has 0 saturated heterocycles. The van der Waals surface area contributed by atoms with E-state index in [0.717, 1.165) is 5.56 Å². The van der Waals surface area contributed by atoms with Crippen LogP contribution in [0.5, 0.6) is 0 Å². The average molecular weight is 263 g/mol. The van der Waals surface area contributed by atoms with Gasteiger partial charge in [0.1, 0.15) is 11.5 Å². The molecule has 0 radical (unpaired) electrons. The maximum absolute atomic E-state index is 13.4. The highest BCUT2D eigenvalue weighted by Gasteiger charge is 2.06. The summed E-state index contributed by atoms with van der Waals surface area (Å²) >= 11 is 1.32. The highest BCUT2D eigenvalue weighted by molar-refractivity contribution is 7.98. The van der Waals surface area contributed by atoms with Crippen molar-refractivity contribution in [1.29, 1.82) is 0 Å². The van der Waals surface area contributed by atoms with Gasteiger partial charge in [-0.15, -0.1) is 11.8 Å². The summed E-state index contributed by atoms with van der Waals surface area (Å²) in [5.74, 6) is -0.827. The molecule has 0 unspecified atom stereocenters. The maximum atomic E-state index is 13.4. The zero-order chi connectivity index (χ0) is 13.0. The van der Waals surface area contributed by atoms with Crippen LogP contribution in [0.15, 0.2) is 47.5 Å². The Balaban J connectivity index is 2.09. The summed E-state index contributed by atoms with van der Waals surface area (Å²) in [5, 5.41) is 8.81. The molecule has 2 aromatic rings. The summed E-state index contributed by atoms with van der Waals surface area (Å²) in [6.45, 7) is 0. The summed E-state index contributed by atoms with van der Waals surface area (Å²) in [6, 6.07) is 9.71. The Morgan fingerprint density at radius 3 is 2.83 bits per heavy atom. The van der Waals surface area contributed by atoms with E-state index in [2.05, 4.69) is 4.98 Å². The van der Waals surface area contributed by atoms with Crippen LogP contribution in [0.4, 0.5) is 4.39 Å². The minimum atomic E-state index is -1.06. The number of halogens is 1. The van der Waals surface area contributed by atoms with Crippen molar-refractivity contribution < 1.29 is 14.3 Å². The van der Waals surface area contributed by atoms with Gasteiger partial charge in [0.15, 0.2) is 0 Å². The van der Waals surface area contributed by atoms with Gasteiger partial charge < -0.3 is 5.11 Å². The van der Waals surface area contributed by atoms with E-state index in [1.807, 2.05) is 0 Å². The molecule has 0 atom stereocenters. The topological polar surface area (TPSA) is 50.2 Å². The van der Waals surface area contributed by atoms with Crippen LogP contribution < -0.4 is 0 Å². The van der Waals surface area contributed by atoms with Gasteiger partial charge in [-0.1, -0.05) is 12.1 Å². The van der Waals surface area contributed by atoms with Crippen LogP contribution in [-0.2, 0) is 5.75 Å². The van der Waals surface area contributed by atoms with Gasteiger partial charge in [-0.05, 0) is 29.8 Å². The van der Waals surface area contributed by atoms with Crippen LogP contribution in [0.2, 0.25) is 0 Å². The van der Waals surface area contributed by atoms with E-state index < -0.39 is 5.97 Å². The Kier molecular flexibility index (Phi) is 3.94. The SMILES string of the molecule is O=C(O)c1cc(CSc2ccccc2F)ccn1. The summed E-state index contributed by atoms with van der Waals surface area (Å²) in [7, 11) is 0. The molecule has 0 fully saturated rings. The fourth-order valence-electron chi connectivity index (χ4n) is 1.40. The predicted molar refractivity (Wildman–Crippen MR) is 67.2 cm³/mol. The molecule has 1 aromatic heterocycles. The van der Waals surface area contributed by atoms with E-state index in [9.17, 15) is 9.18 Å². The van der Waals surface area contributed by atoms with Gasteiger partial charge >= 0.3 is 5.97 Å². The van der Waals surface area contributed by atoms with E-state index in [1.54, 1.807) is 24.3 Å². The van der Waals surface area contributed by atoms with Gasteiger partial charge in [0.25, 0.3) is 0 Å². The third-order valence-corrected chi connectivity index (χ3v) is 3.39. The van der Waals surface area contributed by atoms with Crippen molar-refractivity contribution in [1.82, 2.24) is 4.98 Å². The minimum Gasteiger partial charge on any atom is -0.477 e. The first-order chi connectivity index (χ1) is 8.66.